The second-order valence-electron chi connectivity index (χ2n) is 4.26. The minimum absolute atomic E-state index is 0.965. The van der Waals surface area contributed by atoms with Crippen molar-refractivity contribution in [2.24, 2.45) is 0 Å². The summed E-state index contributed by atoms with van der Waals surface area (Å²) in [5.41, 5.74) is 1.10. The van der Waals surface area contributed by atoms with Crippen LogP contribution in [0.25, 0.3) is 27.5 Å². The first kappa shape index (κ1) is 9.48. The van der Waals surface area contributed by atoms with Crippen molar-refractivity contribution >= 4 is 21.7 Å². The lowest BCUT2D eigenvalue weighted by Gasteiger charge is -2.01. The van der Waals surface area contributed by atoms with Gasteiger partial charge < -0.3 is 4.98 Å². The van der Waals surface area contributed by atoms with Crippen molar-refractivity contribution in [1.29, 1.82) is 0 Å². The van der Waals surface area contributed by atoms with E-state index < -0.39 is 0 Å². The van der Waals surface area contributed by atoms with Crippen LogP contribution < -0.4 is 0 Å². The van der Waals surface area contributed by atoms with Crippen LogP contribution in [0.3, 0.4) is 0 Å². The minimum atomic E-state index is 0.965. The molecule has 1 radical (unpaired) electrons. The number of nitrogens with zero attached hydrogens (tertiary/aromatic N) is 2. The molecule has 0 aliphatic carbocycles. The second-order valence-corrected chi connectivity index (χ2v) is 4.26. The highest BCUT2D eigenvalue weighted by Gasteiger charge is 2.09. The van der Waals surface area contributed by atoms with Crippen LogP contribution in [-0.4, -0.2) is 14.8 Å². The molecular weight excluding hydrogens is 222 g/mol. The van der Waals surface area contributed by atoms with Crippen molar-refractivity contribution in [3.05, 3.63) is 60.9 Å². The van der Waals surface area contributed by atoms with E-state index in [4.69, 9.17) is 0 Å². The molecule has 1 N–H and O–H groups in total. The molecule has 18 heavy (non-hydrogen) atoms. The first-order chi connectivity index (χ1) is 8.93. The largest absolute Gasteiger partial charge is 0.337 e. The number of para-hydroxylation sites is 1. The SMILES string of the molecule is [c]1[nH]c(-n2ncc3ccccc32)c2ccccc12. The van der Waals surface area contributed by atoms with Gasteiger partial charge in [-0.3, -0.25) is 0 Å². The van der Waals surface area contributed by atoms with Crippen LogP contribution in [0.1, 0.15) is 0 Å². The van der Waals surface area contributed by atoms with E-state index in [1.165, 1.54) is 0 Å². The summed E-state index contributed by atoms with van der Waals surface area (Å²) < 4.78 is 1.92. The van der Waals surface area contributed by atoms with Gasteiger partial charge >= 0.3 is 0 Å². The predicted octanol–water partition coefficient (Wildman–Crippen LogP) is 3.31. The third kappa shape index (κ3) is 1.21. The average molecular weight is 232 g/mol. The van der Waals surface area contributed by atoms with E-state index in [9.17, 15) is 0 Å². The highest BCUT2D eigenvalue weighted by molar-refractivity contribution is 5.91. The number of H-pyrrole nitrogens is 1. The van der Waals surface area contributed by atoms with Crippen LogP contribution >= 0.6 is 0 Å². The lowest BCUT2D eigenvalue weighted by Crippen LogP contribution is -1.96. The standard InChI is InChI=1S/C15H10N3/c1-3-7-13-11(5-1)9-16-15(13)18-14-8-4-2-6-12(14)10-17-18/h1-8,10,16H. The van der Waals surface area contributed by atoms with Crippen molar-refractivity contribution < 1.29 is 0 Å². The zero-order valence-corrected chi connectivity index (χ0v) is 9.59. The van der Waals surface area contributed by atoms with Gasteiger partial charge in [-0.15, -0.1) is 0 Å². The van der Waals surface area contributed by atoms with Crippen molar-refractivity contribution in [2.45, 2.75) is 0 Å². The fraction of sp³-hybridized carbons (Fsp3) is 0. The van der Waals surface area contributed by atoms with Gasteiger partial charge in [-0.2, -0.15) is 5.10 Å². The van der Waals surface area contributed by atoms with Crippen LogP contribution in [0.15, 0.2) is 54.7 Å². The summed E-state index contributed by atoms with van der Waals surface area (Å²) in [5.74, 6) is 0.965. The Morgan fingerprint density at radius 2 is 1.83 bits per heavy atom. The molecule has 2 heterocycles. The zero-order chi connectivity index (χ0) is 11.9. The Morgan fingerprint density at radius 1 is 1.00 bits per heavy atom. The van der Waals surface area contributed by atoms with Crippen LogP contribution in [0.2, 0.25) is 0 Å². The Bertz CT molecular complexity index is 767. The number of aromatic amines is 1. The molecule has 85 valence electrons. The van der Waals surface area contributed by atoms with Gasteiger partial charge in [0.25, 0.3) is 0 Å². The highest BCUT2D eigenvalue weighted by atomic mass is 15.3. The number of benzene rings is 2. The maximum absolute atomic E-state index is 4.45. The smallest absolute Gasteiger partial charge is 0.140 e. The normalized spacial score (nSPS) is 11.3. The van der Waals surface area contributed by atoms with Crippen molar-refractivity contribution in [1.82, 2.24) is 14.8 Å². The summed E-state index contributed by atoms with van der Waals surface area (Å²) in [4.78, 5) is 3.18. The molecule has 0 aliphatic heterocycles. The zero-order valence-electron chi connectivity index (χ0n) is 9.59. The summed E-state index contributed by atoms with van der Waals surface area (Å²) in [6.07, 6.45) is 5.04. The average Bonchev–Trinajstić information content (AvgIpc) is 3.01. The Kier molecular flexibility index (Phi) is 1.83. The van der Waals surface area contributed by atoms with Gasteiger partial charge in [0, 0.05) is 16.2 Å². The molecule has 0 bridgehead atoms. The van der Waals surface area contributed by atoms with E-state index in [1.54, 1.807) is 0 Å². The van der Waals surface area contributed by atoms with Crippen LogP contribution in [0.4, 0.5) is 0 Å². The molecule has 0 atom stereocenters. The number of nitrogens with one attached hydrogen (secondary N) is 1. The predicted molar refractivity (Wildman–Crippen MR) is 71.8 cm³/mol. The number of aromatic nitrogens is 3. The van der Waals surface area contributed by atoms with Crippen LogP contribution in [0.5, 0.6) is 0 Å². The molecule has 0 unspecified atom stereocenters. The molecule has 3 heteroatoms. The number of rotatable bonds is 1. The number of hydrogen-bond acceptors (Lipinski definition) is 1. The molecule has 0 amide bonds. The highest BCUT2D eigenvalue weighted by Crippen LogP contribution is 2.23. The number of hydrogen-bond donors (Lipinski definition) is 1. The molecule has 2 aromatic carbocycles. The maximum Gasteiger partial charge on any atom is 0.140 e. The van der Waals surface area contributed by atoms with E-state index >= 15 is 0 Å². The molecule has 4 aromatic rings. The monoisotopic (exact) mass is 232 g/mol. The summed E-state index contributed by atoms with van der Waals surface area (Å²) in [6.45, 7) is 0. The van der Waals surface area contributed by atoms with E-state index in [0.717, 1.165) is 27.5 Å². The molecule has 0 spiro atoms. The quantitative estimate of drug-likeness (QED) is 0.536. The van der Waals surface area contributed by atoms with Gasteiger partial charge in [0.15, 0.2) is 0 Å². The fourth-order valence-corrected chi connectivity index (χ4v) is 2.31. The molecule has 0 saturated carbocycles. The van der Waals surface area contributed by atoms with Gasteiger partial charge in [-0.05, 0) is 6.07 Å². The third-order valence-electron chi connectivity index (χ3n) is 3.19. The Balaban J connectivity index is 2.08. The lowest BCUT2D eigenvalue weighted by atomic mass is 10.2. The Hall–Kier alpha value is -2.55. The third-order valence-corrected chi connectivity index (χ3v) is 3.19. The van der Waals surface area contributed by atoms with Gasteiger partial charge in [-0.1, -0.05) is 42.5 Å². The first-order valence-corrected chi connectivity index (χ1v) is 5.85. The fourth-order valence-electron chi connectivity index (χ4n) is 2.31. The first-order valence-electron chi connectivity index (χ1n) is 5.85. The maximum atomic E-state index is 4.45. The number of fused-ring (bicyclic) bond motifs is 2. The van der Waals surface area contributed by atoms with Crippen molar-refractivity contribution in [2.75, 3.05) is 0 Å². The van der Waals surface area contributed by atoms with Gasteiger partial charge in [0.2, 0.25) is 0 Å². The van der Waals surface area contributed by atoms with E-state index in [2.05, 4.69) is 34.5 Å². The molecule has 2 aromatic heterocycles. The topological polar surface area (TPSA) is 33.6 Å². The van der Waals surface area contributed by atoms with E-state index in [-0.39, 0.29) is 0 Å². The molecule has 0 fully saturated rings. The van der Waals surface area contributed by atoms with Gasteiger partial charge in [-0.25, -0.2) is 4.68 Å². The van der Waals surface area contributed by atoms with E-state index in [0.29, 0.717) is 0 Å². The van der Waals surface area contributed by atoms with Gasteiger partial charge in [0.05, 0.1) is 17.9 Å². The summed E-state index contributed by atoms with van der Waals surface area (Å²) in [5, 5.41) is 7.80. The van der Waals surface area contributed by atoms with E-state index in [1.807, 2.05) is 41.2 Å². The molecule has 4 rings (SSSR count). The van der Waals surface area contributed by atoms with Crippen molar-refractivity contribution in [3.8, 4) is 5.82 Å². The lowest BCUT2D eigenvalue weighted by molar-refractivity contribution is 0.889. The minimum Gasteiger partial charge on any atom is -0.337 e. The molecule has 0 saturated heterocycles. The van der Waals surface area contributed by atoms with Crippen LogP contribution in [-0.2, 0) is 0 Å². The van der Waals surface area contributed by atoms with Gasteiger partial charge in [0.1, 0.15) is 5.82 Å². The molecule has 3 nitrogen and oxygen atoms in total. The summed E-state index contributed by atoms with van der Waals surface area (Å²) in [6, 6.07) is 16.3. The molecular formula is C15H10N3. The summed E-state index contributed by atoms with van der Waals surface area (Å²) in [7, 11) is 0. The Labute approximate surface area is 104 Å². The second kappa shape index (κ2) is 3.47. The van der Waals surface area contributed by atoms with Crippen LogP contribution in [0, 0.1) is 6.20 Å². The Morgan fingerprint density at radius 3 is 2.83 bits per heavy atom. The molecule has 0 aliphatic rings. The summed E-state index contributed by atoms with van der Waals surface area (Å²) >= 11 is 0. The van der Waals surface area contributed by atoms with Crippen molar-refractivity contribution in [3.63, 3.8) is 0 Å².